The normalized spacial score (nSPS) is 10.9. The summed E-state index contributed by atoms with van der Waals surface area (Å²) >= 11 is 5.83. The Morgan fingerprint density at radius 1 is 1.18 bits per heavy atom. The number of rotatable bonds is 4. The standard InChI is InChI=1S/C21H16ClN3O3/c1-14-6-2-3-7-16(14)28-21(27)19-20(26)25(18-8-4-5-11-24(18)19)13-15-9-10-17(22)23-12-15/h2-12H,13H2,1H3. The molecule has 4 aromatic rings. The van der Waals surface area contributed by atoms with Gasteiger partial charge in [-0.2, -0.15) is 4.40 Å². The summed E-state index contributed by atoms with van der Waals surface area (Å²) in [7, 11) is 0. The summed E-state index contributed by atoms with van der Waals surface area (Å²) in [5.74, 6) is -0.709. The second kappa shape index (κ2) is 7.32. The lowest BCUT2D eigenvalue weighted by molar-refractivity contribution is -0.704. The lowest BCUT2D eigenvalue weighted by Crippen LogP contribution is -2.37. The first kappa shape index (κ1) is 18.0. The number of nitrogens with zero attached hydrogens (tertiary/aromatic N) is 3. The topological polar surface area (TPSA) is 70.5 Å². The molecule has 0 unspecified atom stereocenters. The molecule has 0 fully saturated rings. The molecule has 0 amide bonds. The number of aromatic nitrogens is 3. The van der Waals surface area contributed by atoms with Crippen molar-refractivity contribution >= 4 is 23.2 Å². The van der Waals surface area contributed by atoms with E-state index in [1.807, 2.05) is 25.1 Å². The smallest absolute Gasteiger partial charge is 0.387 e. The van der Waals surface area contributed by atoms with E-state index in [2.05, 4.69) is 4.98 Å². The third-order valence-corrected chi connectivity index (χ3v) is 4.65. The first-order valence-corrected chi connectivity index (χ1v) is 9.00. The fourth-order valence-corrected chi connectivity index (χ4v) is 3.13. The lowest BCUT2D eigenvalue weighted by Gasteiger charge is -2.08. The van der Waals surface area contributed by atoms with Crippen LogP contribution in [0, 0.1) is 6.92 Å². The molecule has 0 radical (unpaired) electrons. The Kier molecular flexibility index (Phi) is 4.71. The van der Waals surface area contributed by atoms with E-state index in [-0.39, 0.29) is 12.2 Å². The molecule has 0 N–H and O–H groups in total. The minimum Gasteiger partial charge on any atom is -0.839 e. The van der Waals surface area contributed by atoms with Crippen molar-refractivity contribution in [3.8, 4) is 11.6 Å². The minimum atomic E-state index is -0.700. The number of carbonyl (C=O) groups is 1. The van der Waals surface area contributed by atoms with E-state index < -0.39 is 11.8 Å². The van der Waals surface area contributed by atoms with Crippen LogP contribution in [0.15, 0.2) is 67.0 Å². The molecular weight excluding hydrogens is 378 g/mol. The molecule has 7 heteroatoms. The van der Waals surface area contributed by atoms with Crippen LogP contribution >= 0.6 is 11.6 Å². The molecule has 0 aliphatic heterocycles. The molecule has 3 aromatic heterocycles. The number of fused-ring (bicyclic) bond motifs is 1. The van der Waals surface area contributed by atoms with E-state index >= 15 is 0 Å². The van der Waals surface area contributed by atoms with E-state index in [0.717, 1.165) is 11.1 Å². The maximum atomic E-state index is 13.1. The van der Waals surface area contributed by atoms with Crippen LogP contribution in [0.2, 0.25) is 5.15 Å². The Balaban J connectivity index is 1.76. The summed E-state index contributed by atoms with van der Waals surface area (Å²) in [6.07, 6.45) is 3.27. The molecule has 0 spiro atoms. The predicted octanol–water partition coefficient (Wildman–Crippen LogP) is 2.92. The van der Waals surface area contributed by atoms with Crippen LogP contribution in [-0.2, 0) is 6.54 Å². The summed E-state index contributed by atoms with van der Waals surface area (Å²) in [6.45, 7) is 2.10. The van der Waals surface area contributed by atoms with Crippen LogP contribution in [0.4, 0.5) is 0 Å². The highest BCUT2D eigenvalue weighted by atomic mass is 35.5. The van der Waals surface area contributed by atoms with Crippen molar-refractivity contribution in [1.82, 2.24) is 9.38 Å². The van der Waals surface area contributed by atoms with Crippen LogP contribution in [0.1, 0.15) is 21.6 Å². The first-order valence-electron chi connectivity index (χ1n) is 8.63. The van der Waals surface area contributed by atoms with Crippen molar-refractivity contribution in [1.29, 1.82) is 0 Å². The van der Waals surface area contributed by atoms with Crippen molar-refractivity contribution in [2.45, 2.75) is 13.5 Å². The Morgan fingerprint density at radius 2 is 1.96 bits per heavy atom. The molecule has 0 saturated carbocycles. The Morgan fingerprint density at radius 3 is 2.71 bits per heavy atom. The number of imidazole rings is 1. The van der Waals surface area contributed by atoms with E-state index in [1.165, 1.54) is 4.57 Å². The van der Waals surface area contributed by atoms with Crippen LogP contribution in [-0.4, -0.2) is 15.4 Å². The summed E-state index contributed by atoms with van der Waals surface area (Å²) in [6, 6.07) is 15.9. The van der Waals surface area contributed by atoms with Gasteiger partial charge < -0.3 is 9.84 Å². The van der Waals surface area contributed by atoms with Crippen molar-refractivity contribution in [2.24, 2.45) is 0 Å². The second-order valence-corrected chi connectivity index (χ2v) is 6.70. The van der Waals surface area contributed by atoms with Crippen LogP contribution < -0.4 is 14.4 Å². The van der Waals surface area contributed by atoms with Gasteiger partial charge in [-0.3, -0.25) is 0 Å². The first-order chi connectivity index (χ1) is 13.5. The van der Waals surface area contributed by atoms with Gasteiger partial charge in [0, 0.05) is 17.8 Å². The fourth-order valence-electron chi connectivity index (χ4n) is 3.02. The van der Waals surface area contributed by atoms with Gasteiger partial charge in [0.1, 0.15) is 23.3 Å². The van der Waals surface area contributed by atoms with Gasteiger partial charge in [0.15, 0.2) is 0 Å². The lowest BCUT2D eigenvalue weighted by atomic mass is 10.2. The zero-order valence-corrected chi connectivity index (χ0v) is 15.8. The van der Waals surface area contributed by atoms with Gasteiger partial charge in [-0.25, -0.2) is 14.3 Å². The molecule has 140 valence electrons. The number of pyridine rings is 2. The van der Waals surface area contributed by atoms with Gasteiger partial charge in [-0.05, 0) is 30.7 Å². The fraction of sp³-hybridized carbons (Fsp3) is 0.0952. The monoisotopic (exact) mass is 393 g/mol. The molecule has 0 atom stereocenters. The quantitative estimate of drug-likeness (QED) is 0.231. The van der Waals surface area contributed by atoms with E-state index in [1.54, 1.807) is 53.2 Å². The van der Waals surface area contributed by atoms with E-state index in [0.29, 0.717) is 16.5 Å². The number of halogens is 1. The van der Waals surface area contributed by atoms with E-state index in [4.69, 9.17) is 16.3 Å². The van der Waals surface area contributed by atoms with Gasteiger partial charge >= 0.3 is 5.97 Å². The molecule has 0 saturated heterocycles. The molecule has 0 aliphatic carbocycles. The molecule has 3 heterocycles. The highest BCUT2D eigenvalue weighted by molar-refractivity contribution is 6.29. The Hall–Kier alpha value is -3.38. The van der Waals surface area contributed by atoms with Crippen LogP contribution in [0.5, 0.6) is 11.6 Å². The molecule has 4 rings (SSSR count). The Bertz CT molecular complexity index is 1170. The highest BCUT2D eigenvalue weighted by Crippen LogP contribution is 2.21. The number of esters is 1. The summed E-state index contributed by atoms with van der Waals surface area (Å²) < 4.78 is 8.56. The summed E-state index contributed by atoms with van der Waals surface area (Å²) in [5.41, 5.74) is 2.13. The largest absolute Gasteiger partial charge is 0.839 e. The molecular formula is C21H16ClN3O3. The number of benzene rings is 1. The van der Waals surface area contributed by atoms with Crippen molar-refractivity contribution < 1.29 is 19.2 Å². The molecule has 0 aliphatic rings. The zero-order chi connectivity index (χ0) is 19.7. The number of hydrogen-bond acceptors (Lipinski definition) is 4. The van der Waals surface area contributed by atoms with E-state index in [9.17, 15) is 9.90 Å². The van der Waals surface area contributed by atoms with Gasteiger partial charge in [0.25, 0.3) is 11.3 Å². The number of carbonyl (C=O) groups excluding carboxylic acids is 1. The van der Waals surface area contributed by atoms with Gasteiger partial charge in [0.2, 0.25) is 0 Å². The van der Waals surface area contributed by atoms with Crippen molar-refractivity contribution in [3.63, 3.8) is 0 Å². The van der Waals surface area contributed by atoms with Crippen LogP contribution in [0.3, 0.4) is 0 Å². The second-order valence-electron chi connectivity index (χ2n) is 6.31. The maximum absolute atomic E-state index is 13.1. The SMILES string of the molecule is Cc1ccccc1OC(=O)c1c([O-])[n+](Cc2ccc(Cl)nc2)c2ccccn12. The number of hydrogen-bond donors (Lipinski definition) is 0. The van der Waals surface area contributed by atoms with Gasteiger partial charge in [-0.1, -0.05) is 41.9 Å². The highest BCUT2D eigenvalue weighted by Gasteiger charge is 2.27. The third kappa shape index (κ3) is 3.30. The Labute approximate surface area is 166 Å². The minimum absolute atomic E-state index is 0.0548. The zero-order valence-electron chi connectivity index (χ0n) is 15.0. The molecule has 0 bridgehead atoms. The predicted molar refractivity (Wildman–Crippen MR) is 102 cm³/mol. The number of ether oxygens (including phenoxy) is 1. The van der Waals surface area contributed by atoms with Gasteiger partial charge in [-0.15, -0.1) is 0 Å². The third-order valence-electron chi connectivity index (χ3n) is 4.42. The van der Waals surface area contributed by atoms with Crippen molar-refractivity contribution in [2.75, 3.05) is 0 Å². The number of aryl methyl sites for hydroxylation is 1. The van der Waals surface area contributed by atoms with Crippen LogP contribution in [0.25, 0.3) is 5.65 Å². The summed E-state index contributed by atoms with van der Waals surface area (Å²) in [4.78, 5) is 16.9. The van der Waals surface area contributed by atoms with Gasteiger partial charge in [0.05, 0.1) is 6.20 Å². The average Bonchev–Trinajstić information content (AvgIpc) is 2.97. The van der Waals surface area contributed by atoms with Crippen molar-refractivity contribution in [3.05, 3.63) is 89.0 Å². The molecule has 1 aromatic carbocycles. The average molecular weight is 394 g/mol. The molecule has 28 heavy (non-hydrogen) atoms. The number of para-hydroxylation sites is 1. The summed E-state index contributed by atoms with van der Waals surface area (Å²) in [5, 5.41) is 13.4. The molecule has 6 nitrogen and oxygen atoms in total. The maximum Gasteiger partial charge on any atom is 0.387 e.